The molecule has 1 N–H and O–H groups in total. The molecule has 1 aromatic heterocycles. The highest BCUT2D eigenvalue weighted by molar-refractivity contribution is 7.18. The van der Waals surface area contributed by atoms with Crippen molar-refractivity contribution in [3.63, 3.8) is 0 Å². The van der Waals surface area contributed by atoms with Gasteiger partial charge >= 0.3 is 0 Å². The van der Waals surface area contributed by atoms with Crippen LogP contribution in [0.2, 0.25) is 0 Å². The van der Waals surface area contributed by atoms with Gasteiger partial charge in [-0.3, -0.25) is 4.90 Å². The smallest absolute Gasteiger partial charge is 0.120 e. The summed E-state index contributed by atoms with van der Waals surface area (Å²) in [4.78, 5) is 7.43. The molecule has 1 fully saturated rings. The Morgan fingerprint density at radius 2 is 2.13 bits per heavy atom. The average molecular weight is 356 g/mol. The van der Waals surface area contributed by atoms with Crippen molar-refractivity contribution < 1.29 is 4.74 Å². The highest BCUT2D eigenvalue weighted by atomic mass is 35.5. The lowest BCUT2D eigenvalue weighted by Gasteiger charge is -2.33. The first-order valence-corrected chi connectivity index (χ1v) is 9.00. The molecule has 4 nitrogen and oxygen atoms in total. The van der Waals surface area contributed by atoms with Crippen LogP contribution in [0.25, 0.3) is 10.2 Å². The van der Waals surface area contributed by atoms with E-state index >= 15 is 0 Å². The van der Waals surface area contributed by atoms with E-state index in [1.165, 1.54) is 29.0 Å². The van der Waals surface area contributed by atoms with Crippen LogP contribution in [0.5, 0.6) is 5.75 Å². The van der Waals surface area contributed by atoms with Gasteiger partial charge in [-0.1, -0.05) is 6.92 Å². The van der Waals surface area contributed by atoms with Crippen molar-refractivity contribution >= 4 is 34.0 Å². The zero-order chi connectivity index (χ0) is 15.4. The first kappa shape index (κ1) is 18.5. The minimum atomic E-state index is 0. The van der Waals surface area contributed by atoms with Gasteiger partial charge in [-0.15, -0.1) is 23.7 Å². The number of nitrogens with zero attached hydrogens (tertiary/aromatic N) is 2. The van der Waals surface area contributed by atoms with Gasteiger partial charge in [-0.25, -0.2) is 4.98 Å². The largest absolute Gasteiger partial charge is 0.497 e. The normalized spacial score (nSPS) is 15.8. The number of piperidine rings is 1. The number of fused-ring (bicyclic) bond motifs is 1. The number of benzene rings is 1. The Labute approximate surface area is 148 Å². The van der Waals surface area contributed by atoms with Gasteiger partial charge in [0, 0.05) is 6.04 Å². The fourth-order valence-electron chi connectivity index (χ4n) is 3.17. The van der Waals surface area contributed by atoms with Gasteiger partial charge in [0.1, 0.15) is 10.8 Å². The van der Waals surface area contributed by atoms with Crippen molar-refractivity contribution in [2.24, 2.45) is 0 Å². The van der Waals surface area contributed by atoms with Gasteiger partial charge in [-0.05, 0) is 57.1 Å². The van der Waals surface area contributed by atoms with Crippen LogP contribution in [0.15, 0.2) is 18.2 Å². The molecule has 6 heteroatoms. The van der Waals surface area contributed by atoms with Crippen LogP contribution >= 0.6 is 23.7 Å². The molecule has 1 aliphatic rings. The molecule has 2 aromatic rings. The summed E-state index contributed by atoms with van der Waals surface area (Å²) < 4.78 is 6.53. The maximum Gasteiger partial charge on any atom is 0.120 e. The zero-order valence-electron chi connectivity index (χ0n) is 13.9. The highest BCUT2D eigenvalue weighted by Crippen LogP contribution is 2.28. The lowest BCUT2D eigenvalue weighted by Crippen LogP contribution is -2.43. The van der Waals surface area contributed by atoms with Gasteiger partial charge in [0.25, 0.3) is 0 Å². The van der Waals surface area contributed by atoms with Crippen molar-refractivity contribution in [2.45, 2.75) is 38.8 Å². The summed E-state index contributed by atoms with van der Waals surface area (Å²) in [5.41, 5.74) is 1.09. The summed E-state index contributed by atoms with van der Waals surface area (Å²) in [5.74, 6) is 0.909. The van der Waals surface area contributed by atoms with E-state index in [2.05, 4.69) is 29.3 Å². The summed E-state index contributed by atoms with van der Waals surface area (Å²) in [6, 6.07) is 6.83. The maximum absolute atomic E-state index is 5.31. The van der Waals surface area contributed by atoms with Crippen molar-refractivity contribution in [1.82, 2.24) is 15.2 Å². The fourth-order valence-corrected chi connectivity index (χ4v) is 4.19. The Morgan fingerprint density at radius 3 is 2.83 bits per heavy atom. The Morgan fingerprint density at radius 1 is 1.35 bits per heavy atom. The van der Waals surface area contributed by atoms with E-state index in [0.717, 1.165) is 37.4 Å². The Bertz CT molecular complexity index is 613. The van der Waals surface area contributed by atoms with Gasteiger partial charge in [0.05, 0.1) is 23.9 Å². The zero-order valence-corrected chi connectivity index (χ0v) is 15.5. The number of aromatic nitrogens is 1. The second-order valence-electron chi connectivity index (χ2n) is 5.89. The van der Waals surface area contributed by atoms with E-state index in [-0.39, 0.29) is 12.4 Å². The molecule has 0 aliphatic carbocycles. The number of thiazole rings is 1. The topological polar surface area (TPSA) is 37.4 Å². The molecular weight excluding hydrogens is 330 g/mol. The van der Waals surface area contributed by atoms with E-state index in [4.69, 9.17) is 9.72 Å². The number of hydrogen-bond acceptors (Lipinski definition) is 5. The minimum absolute atomic E-state index is 0. The third-order valence-corrected chi connectivity index (χ3v) is 5.32. The number of halogens is 1. The minimum Gasteiger partial charge on any atom is -0.497 e. The lowest BCUT2D eigenvalue weighted by atomic mass is 10.0. The predicted molar refractivity (Wildman–Crippen MR) is 100 cm³/mol. The predicted octanol–water partition coefficient (Wildman–Crippen LogP) is 3.69. The molecule has 3 rings (SSSR count). The van der Waals surface area contributed by atoms with Crippen LogP contribution in [0, 0.1) is 0 Å². The first-order valence-electron chi connectivity index (χ1n) is 8.18. The number of ether oxygens (including phenoxy) is 1. The molecule has 2 heterocycles. The molecule has 23 heavy (non-hydrogen) atoms. The van der Waals surface area contributed by atoms with Crippen LogP contribution < -0.4 is 10.1 Å². The van der Waals surface area contributed by atoms with Gasteiger partial charge < -0.3 is 10.1 Å². The molecule has 1 aromatic carbocycles. The van der Waals surface area contributed by atoms with Crippen molar-refractivity contribution in [3.05, 3.63) is 23.2 Å². The third-order valence-electron chi connectivity index (χ3n) is 4.31. The molecule has 0 atom stereocenters. The monoisotopic (exact) mass is 355 g/mol. The molecule has 1 saturated heterocycles. The molecule has 0 saturated carbocycles. The Hall–Kier alpha value is -0.880. The average Bonchev–Trinajstić information content (AvgIpc) is 2.96. The Balaban J connectivity index is 0.00000192. The number of methoxy groups -OCH3 is 1. The first-order chi connectivity index (χ1) is 10.8. The molecule has 0 amide bonds. The second kappa shape index (κ2) is 8.83. The third kappa shape index (κ3) is 4.57. The summed E-state index contributed by atoms with van der Waals surface area (Å²) >= 11 is 1.80. The van der Waals surface area contributed by atoms with Crippen LogP contribution in [-0.4, -0.2) is 42.7 Å². The van der Waals surface area contributed by atoms with Crippen LogP contribution in [0.1, 0.15) is 31.2 Å². The standard InChI is InChI=1S/C17H25N3OS.ClH/c1-3-10-20(13-6-8-18-9-7-13)12-17-19-15-5-4-14(21-2)11-16(15)22-17;/h4-5,11,13,18H,3,6-10,12H2,1-2H3;1H. The van der Waals surface area contributed by atoms with Crippen molar-refractivity contribution in [2.75, 3.05) is 26.7 Å². The van der Waals surface area contributed by atoms with Crippen molar-refractivity contribution in [3.8, 4) is 5.75 Å². The number of hydrogen-bond donors (Lipinski definition) is 1. The summed E-state index contributed by atoms with van der Waals surface area (Å²) in [6.45, 7) is 6.67. The molecule has 0 radical (unpaired) electrons. The second-order valence-corrected chi connectivity index (χ2v) is 7.01. The van der Waals surface area contributed by atoms with E-state index < -0.39 is 0 Å². The fraction of sp³-hybridized carbons (Fsp3) is 0.588. The van der Waals surface area contributed by atoms with Crippen LogP contribution in [-0.2, 0) is 6.54 Å². The SMILES string of the molecule is CCCN(Cc1nc2ccc(OC)cc2s1)C1CCNCC1.Cl. The van der Waals surface area contributed by atoms with Gasteiger partial charge in [0.2, 0.25) is 0 Å². The van der Waals surface area contributed by atoms with E-state index in [1.807, 2.05) is 6.07 Å². The summed E-state index contributed by atoms with van der Waals surface area (Å²) in [6.07, 6.45) is 3.69. The van der Waals surface area contributed by atoms with Gasteiger partial charge in [-0.2, -0.15) is 0 Å². The number of rotatable bonds is 6. The summed E-state index contributed by atoms with van der Waals surface area (Å²) in [5, 5.41) is 4.67. The van der Waals surface area contributed by atoms with Crippen LogP contribution in [0.3, 0.4) is 0 Å². The van der Waals surface area contributed by atoms with Gasteiger partial charge in [0.15, 0.2) is 0 Å². The van der Waals surface area contributed by atoms with Crippen molar-refractivity contribution in [1.29, 1.82) is 0 Å². The quantitative estimate of drug-likeness (QED) is 0.857. The van der Waals surface area contributed by atoms with E-state index in [9.17, 15) is 0 Å². The van der Waals surface area contributed by atoms with Crippen LogP contribution in [0.4, 0.5) is 0 Å². The Kier molecular flexibility index (Phi) is 7.09. The number of nitrogens with one attached hydrogen (secondary N) is 1. The molecule has 0 spiro atoms. The van der Waals surface area contributed by atoms with E-state index in [1.54, 1.807) is 18.4 Å². The summed E-state index contributed by atoms with van der Waals surface area (Å²) in [7, 11) is 1.71. The molecule has 0 unspecified atom stereocenters. The molecule has 0 bridgehead atoms. The van der Waals surface area contributed by atoms with E-state index in [0.29, 0.717) is 6.04 Å². The highest BCUT2D eigenvalue weighted by Gasteiger charge is 2.21. The maximum atomic E-state index is 5.31. The lowest BCUT2D eigenvalue weighted by molar-refractivity contribution is 0.154. The molecular formula is C17H26ClN3OS. The molecule has 128 valence electrons. The molecule has 1 aliphatic heterocycles.